The van der Waals surface area contributed by atoms with Gasteiger partial charge in [0.25, 0.3) is 11.8 Å². The van der Waals surface area contributed by atoms with Crippen LogP contribution in [0.5, 0.6) is 17.2 Å². The summed E-state index contributed by atoms with van der Waals surface area (Å²) in [6, 6.07) is 22.1. The lowest BCUT2D eigenvalue weighted by molar-refractivity contribution is -0.122. The summed E-state index contributed by atoms with van der Waals surface area (Å²) in [5.41, 5.74) is 3.46. The molecule has 1 aliphatic heterocycles. The van der Waals surface area contributed by atoms with Crippen molar-refractivity contribution in [3.8, 4) is 17.2 Å². The summed E-state index contributed by atoms with van der Waals surface area (Å²) in [5, 5.41) is 3.23. The molecule has 0 bridgehead atoms. The zero-order valence-electron chi connectivity index (χ0n) is 23.5. The number of anilines is 1. The van der Waals surface area contributed by atoms with Gasteiger partial charge in [0.15, 0.2) is 11.5 Å². The Kier molecular flexibility index (Phi) is 9.77. The molecule has 1 saturated heterocycles. The first-order valence-corrected chi connectivity index (χ1v) is 15.1. The Labute approximate surface area is 277 Å². The smallest absolute Gasteiger partial charge is 0.335 e. The zero-order chi connectivity index (χ0) is 31.4. The van der Waals surface area contributed by atoms with E-state index >= 15 is 0 Å². The molecule has 44 heavy (non-hydrogen) atoms. The summed E-state index contributed by atoms with van der Waals surface area (Å²) in [7, 11) is 1.48. The van der Waals surface area contributed by atoms with E-state index in [1.807, 2.05) is 31.2 Å². The average molecular weight is 743 g/mol. The molecule has 0 spiro atoms. The third-order valence-corrected chi connectivity index (χ3v) is 8.06. The van der Waals surface area contributed by atoms with Gasteiger partial charge in [0.1, 0.15) is 24.5 Å². The Hall–Kier alpha value is -4.06. The quantitative estimate of drug-likeness (QED) is 0.107. The highest BCUT2D eigenvalue weighted by Gasteiger charge is 2.37. The number of methoxy groups -OCH3 is 1. The minimum atomic E-state index is -0.845. The summed E-state index contributed by atoms with van der Waals surface area (Å²) < 4.78 is 18.1. The second-order valence-corrected chi connectivity index (χ2v) is 11.8. The molecule has 5 rings (SSSR count). The van der Waals surface area contributed by atoms with Crippen molar-refractivity contribution in [2.45, 2.75) is 20.1 Å². The van der Waals surface area contributed by atoms with Crippen LogP contribution in [0.15, 0.2) is 84.4 Å². The number of imide groups is 2. The summed E-state index contributed by atoms with van der Waals surface area (Å²) in [4.78, 5) is 39.9. The molecule has 11 heteroatoms. The van der Waals surface area contributed by atoms with Gasteiger partial charge in [-0.05, 0) is 95.2 Å². The number of ether oxygens (including phenoxy) is 3. The number of hydrogen-bond donors (Lipinski definition) is 1. The van der Waals surface area contributed by atoms with Crippen LogP contribution < -0.4 is 24.4 Å². The number of amides is 4. The van der Waals surface area contributed by atoms with Gasteiger partial charge in [0.2, 0.25) is 0 Å². The van der Waals surface area contributed by atoms with Crippen LogP contribution in [0.1, 0.15) is 22.3 Å². The molecule has 4 amide bonds. The van der Waals surface area contributed by atoms with Crippen molar-refractivity contribution in [2.24, 2.45) is 0 Å². The number of carbonyl (C=O) groups is 3. The van der Waals surface area contributed by atoms with E-state index in [4.69, 9.17) is 37.4 Å². The number of carbonyl (C=O) groups excluding carboxylic acids is 3. The Morgan fingerprint density at radius 3 is 2.30 bits per heavy atom. The van der Waals surface area contributed by atoms with E-state index in [1.165, 1.54) is 13.2 Å². The van der Waals surface area contributed by atoms with Gasteiger partial charge in [-0.3, -0.25) is 14.9 Å². The third-order valence-electron chi connectivity index (χ3n) is 6.67. The third kappa shape index (κ3) is 7.18. The summed E-state index contributed by atoms with van der Waals surface area (Å²) >= 11 is 14.3. The summed E-state index contributed by atoms with van der Waals surface area (Å²) in [6.07, 6.45) is 1.40. The van der Waals surface area contributed by atoms with Gasteiger partial charge in [-0.15, -0.1) is 0 Å². The van der Waals surface area contributed by atoms with Crippen molar-refractivity contribution in [2.75, 3.05) is 12.0 Å². The molecule has 8 nitrogen and oxygen atoms in total. The van der Waals surface area contributed by atoms with E-state index in [0.29, 0.717) is 43.0 Å². The van der Waals surface area contributed by atoms with Gasteiger partial charge >= 0.3 is 6.03 Å². The van der Waals surface area contributed by atoms with E-state index in [-0.39, 0.29) is 17.9 Å². The van der Waals surface area contributed by atoms with E-state index in [0.717, 1.165) is 21.6 Å². The molecule has 1 aliphatic rings. The summed E-state index contributed by atoms with van der Waals surface area (Å²) in [6.45, 7) is 2.54. The fourth-order valence-corrected chi connectivity index (χ4v) is 5.60. The van der Waals surface area contributed by atoms with Crippen molar-refractivity contribution in [3.05, 3.63) is 120 Å². The molecule has 224 valence electrons. The fraction of sp³-hybridized carbons (Fsp3) is 0.121. The summed E-state index contributed by atoms with van der Waals surface area (Å²) in [5.74, 6) is -0.165. The minimum absolute atomic E-state index is 0.163. The maximum absolute atomic E-state index is 13.5. The van der Waals surface area contributed by atoms with Crippen LogP contribution in [0.2, 0.25) is 10.0 Å². The SMILES string of the molecule is COc1cc(/C=C2\C(=O)NC(=O)N(c3ccc(OCc4ccc(C)cc4)cc3)C2=O)cc(I)c1OCc1ccc(Cl)cc1Cl. The average Bonchev–Trinajstić information content (AvgIpc) is 2.99. The predicted octanol–water partition coefficient (Wildman–Crippen LogP) is 7.74. The Balaban J connectivity index is 1.34. The maximum atomic E-state index is 13.5. The number of benzene rings is 4. The Morgan fingerprint density at radius 2 is 1.61 bits per heavy atom. The van der Waals surface area contributed by atoms with Crippen molar-refractivity contribution >= 4 is 75.4 Å². The van der Waals surface area contributed by atoms with E-state index in [2.05, 4.69) is 27.9 Å². The first-order chi connectivity index (χ1) is 21.1. The van der Waals surface area contributed by atoms with E-state index in [1.54, 1.807) is 54.6 Å². The van der Waals surface area contributed by atoms with Crippen LogP contribution in [0.3, 0.4) is 0 Å². The van der Waals surface area contributed by atoms with Gasteiger partial charge in [-0.25, -0.2) is 9.69 Å². The zero-order valence-corrected chi connectivity index (χ0v) is 27.2. The largest absolute Gasteiger partial charge is 0.493 e. The lowest BCUT2D eigenvalue weighted by atomic mass is 10.1. The molecule has 1 N–H and O–H groups in total. The number of aryl methyl sites for hydroxylation is 1. The number of nitrogens with one attached hydrogen (secondary N) is 1. The number of barbiturate groups is 1. The Bertz CT molecular complexity index is 1770. The minimum Gasteiger partial charge on any atom is -0.493 e. The number of rotatable bonds is 9. The molecule has 4 aromatic carbocycles. The molecule has 0 aromatic heterocycles. The van der Waals surface area contributed by atoms with Gasteiger partial charge < -0.3 is 14.2 Å². The van der Waals surface area contributed by atoms with Crippen LogP contribution >= 0.6 is 45.8 Å². The monoisotopic (exact) mass is 742 g/mol. The van der Waals surface area contributed by atoms with Crippen molar-refractivity contribution in [1.82, 2.24) is 5.32 Å². The Morgan fingerprint density at radius 1 is 0.886 bits per heavy atom. The van der Waals surface area contributed by atoms with E-state index < -0.39 is 17.8 Å². The van der Waals surface area contributed by atoms with Crippen LogP contribution in [-0.2, 0) is 22.8 Å². The van der Waals surface area contributed by atoms with Crippen molar-refractivity contribution < 1.29 is 28.6 Å². The lowest BCUT2D eigenvalue weighted by Gasteiger charge is -2.26. The molecule has 0 unspecified atom stereocenters. The number of urea groups is 1. The fourth-order valence-electron chi connectivity index (χ4n) is 4.35. The maximum Gasteiger partial charge on any atom is 0.335 e. The highest BCUT2D eigenvalue weighted by atomic mass is 127. The van der Waals surface area contributed by atoms with Gasteiger partial charge in [-0.2, -0.15) is 0 Å². The molecular formula is C33H25Cl2IN2O6. The van der Waals surface area contributed by atoms with Crippen molar-refractivity contribution in [1.29, 1.82) is 0 Å². The molecule has 0 aliphatic carbocycles. The molecule has 0 atom stereocenters. The van der Waals surface area contributed by atoms with Gasteiger partial charge in [0, 0.05) is 15.6 Å². The molecule has 4 aromatic rings. The normalized spacial score (nSPS) is 14.1. The van der Waals surface area contributed by atoms with Crippen LogP contribution in [-0.4, -0.2) is 25.0 Å². The lowest BCUT2D eigenvalue weighted by Crippen LogP contribution is -2.54. The molecular weight excluding hydrogens is 718 g/mol. The topological polar surface area (TPSA) is 94.2 Å². The van der Waals surface area contributed by atoms with Gasteiger partial charge in [-0.1, -0.05) is 59.1 Å². The highest BCUT2D eigenvalue weighted by Crippen LogP contribution is 2.36. The second-order valence-electron chi connectivity index (χ2n) is 9.78. The predicted molar refractivity (Wildman–Crippen MR) is 177 cm³/mol. The second kappa shape index (κ2) is 13.7. The number of hydrogen-bond acceptors (Lipinski definition) is 6. The number of halogens is 3. The van der Waals surface area contributed by atoms with Crippen molar-refractivity contribution in [3.63, 3.8) is 0 Å². The van der Waals surface area contributed by atoms with Gasteiger partial charge in [0.05, 0.1) is 16.4 Å². The van der Waals surface area contributed by atoms with Crippen LogP contribution in [0, 0.1) is 10.5 Å². The highest BCUT2D eigenvalue weighted by molar-refractivity contribution is 14.1. The molecule has 1 fully saturated rings. The molecule has 1 heterocycles. The standard InChI is InChI=1S/C33H25Cl2IN2O6/c1-19-3-5-20(6-4-19)17-43-25-11-9-24(10-12-25)38-32(40)26(31(39)37-33(38)41)13-21-14-28(36)30(29(15-21)42-2)44-18-22-7-8-23(34)16-27(22)35/h3-16H,17-18H2,1-2H3,(H,37,39,41)/b26-13+. The van der Waals surface area contributed by atoms with E-state index in [9.17, 15) is 14.4 Å². The first kappa shape index (κ1) is 31.4. The van der Waals surface area contributed by atoms with Crippen LogP contribution in [0.25, 0.3) is 6.08 Å². The first-order valence-electron chi connectivity index (χ1n) is 13.3. The molecule has 0 saturated carbocycles. The number of nitrogens with zero attached hydrogens (tertiary/aromatic N) is 1. The van der Waals surface area contributed by atoms with Crippen LogP contribution in [0.4, 0.5) is 10.5 Å². The molecule has 0 radical (unpaired) electrons.